The predicted octanol–water partition coefficient (Wildman–Crippen LogP) is 2.36. The molecule has 1 aromatic rings. The molecule has 104 valence electrons. The summed E-state index contributed by atoms with van der Waals surface area (Å²) in [6.45, 7) is 1.35. The highest BCUT2D eigenvalue weighted by Crippen LogP contribution is 2.20. The predicted molar refractivity (Wildman–Crippen MR) is 72.4 cm³/mol. The molecule has 0 atom stereocenters. The summed E-state index contributed by atoms with van der Waals surface area (Å²) in [5, 5.41) is 9.10. The minimum atomic E-state index is -0.521. The second-order valence-corrected chi connectivity index (χ2v) is 4.56. The van der Waals surface area contributed by atoms with Gasteiger partial charge in [-0.05, 0) is 36.6 Å². The van der Waals surface area contributed by atoms with Crippen LogP contribution in [-0.4, -0.2) is 31.0 Å². The molecule has 1 aliphatic heterocycles. The third-order valence-electron chi connectivity index (χ3n) is 3.23. The molecule has 1 fully saturated rings. The molecule has 0 radical (unpaired) electrons. The lowest BCUT2D eigenvalue weighted by Gasteiger charge is -2.14. The van der Waals surface area contributed by atoms with Crippen LogP contribution in [0.2, 0.25) is 0 Å². The zero-order valence-corrected chi connectivity index (χ0v) is 11.2. The average molecular weight is 274 g/mol. The zero-order chi connectivity index (χ0) is 14.5. The van der Waals surface area contributed by atoms with E-state index in [0.717, 1.165) is 12.8 Å². The Morgan fingerprint density at radius 1 is 1.45 bits per heavy atom. The molecule has 0 unspecified atom stereocenters. The van der Waals surface area contributed by atoms with E-state index in [1.807, 2.05) is 6.07 Å². The highest BCUT2D eigenvalue weighted by molar-refractivity contribution is 6.01. The first kappa shape index (κ1) is 14.1. The molecule has 1 amide bonds. The number of benzene rings is 1. The van der Waals surface area contributed by atoms with Crippen molar-refractivity contribution in [2.24, 2.45) is 0 Å². The summed E-state index contributed by atoms with van der Waals surface area (Å²) in [5.41, 5.74) is 0.490. The molecule has 0 aliphatic carbocycles. The maximum atomic E-state index is 13.6. The average Bonchev–Trinajstić information content (AvgIpc) is 2.98. The first-order valence-corrected chi connectivity index (χ1v) is 6.40. The number of hydrogen-bond donors (Lipinski definition) is 0. The maximum absolute atomic E-state index is 13.6. The summed E-state index contributed by atoms with van der Waals surface area (Å²) in [6.07, 6.45) is 3.33. The van der Waals surface area contributed by atoms with Crippen molar-refractivity contribution in [3.8, 4) is 11.8 Å². The molecule has 5 heteroatoms. The molecule has 1 heterocycles. The Kier molecular flexibility index (Phi) is 4.36. The van der Waals surface area contributed by atoms with E-state index < -0.39 is 5.82 Å². The summed E-state index contributed by atoms with van der Waals surface area (Å²) in [7, 11) is 1.38. The Labute approximate surface area is 117 Å². The standard InChI is InChI=1S/C15H15FN2O2/c1-20-14-5-4-11(9-13(14)16)8-12(10-17)15(19)18-6-2-3-7-18/h4-5,8-9H,2-3,6-7H2,1H3/b12-8+. The van der Waals surface area contributed by atoms with Crippen molar-refractivity contribution >= 4 is 12.0 Å². The molecule has 0 N–H and O–H groups in total. The summed E-state index contributed by atoms with van der Waals surface area (Å²) in [5.74, 6) is -0.681. The topological polar surface area (TPSA) is 53.3 Å². The summed E-state index contributed by atoms with van der Waals surface area (Å²) in [6, 6.07) is 6.21. The maximum Gasteiger partial charge on any atom is 0.264 e. The van der Waals surface area contributed by atoms with E-state index in [2.05, 4.69) is 0 Å². The number of nitrogens with zero attached hydrogens (tertiary/aromatic N) is 2. The van der Waals surface area contributed by atoms with Gasteiger partial charge in [0.15, 0.2) is 11.6 Å². The fourth-order valence-corrected chi connectivity index (χ4v) is 2.17. The van der Waals surface area contributed by atoms with Gasteiger partial charge >= 0.3 is 0 Å². The fraction of sp³-hybridized carbons (Fsp3) is 0.333. The van der Waals surface area contributed by atoms with Crippen LogP contribution in [0.3, 0.4) is 0 Å². The number of rotatable bonds is 3. The quantitative estimate of drug-likeness (QED) is 0.628. The Bertz CT molecular complexity index is 584. The van der Waals surface area contributed by atoms with Gasteiger partial charge < -0.3 is 9.64 Å². The van der Waals surface area contributed by atoms with E-state index in [4.69, 9.17) is 10.00 Å². The van der Waals surface area contributed by atoms with Crippen molar-refractivity contribution in [2.75, 3.05) is 20.2 Å². The van der Waals surface area contributed by atoms with E-state index in [1.54, 1.807) is 11.0 Å². The number of amides is 1. The van der Waals surface area contributed by atoms with Crippen molar-refractivity contribution in [1.29, 1.82) is 5.26 Å². The molecule has 0 aromatic heterocycles. The van der Waals surface area contributed by atoms with Gasteiger partial charge in [0.25, 0.3) is 5.91 Å². The van der Waals surface area contributed by atoms with Crippen LogP contribution in [-0.2, 0) is 4.79 Å². The normalized spacial score (nSPS) is 15.1. The van der Waals surface area contributed by atoms with Gasteiger partial charge in [-0.3, -0.25) is 4.79 Å². The van der Waals surface area contributed by atoms with Crippen molar-refractivity contribution < 1.29 is 13.9 Å². The number of likely N-dealkylation sites (tertiary alicyclic amines) is 1. The largest absolute Gasteiger partial charge is 0.494 e. The smallest absolute Gasteiger partial charge is 0.264 e. The molecular formula is C15H15FN2O2. The van der Waals surface area contributed by atoms with Crippen molar-refractivity contribution in [3.05, 3.63) is 35.2 Å². The summed E-state index contributed by atoms with van der Waals surface area (Å²) < 4.78 is 18.4. The van der Waals surface area contributed by atoms with Gasteiger partial charge in [-0.25, -0.2) is 4.39 Å². The Morgan fingerprint density at radius 3 is 2.70 bits per heavy atom. The highest BCUT2D eigenvalue weighted by Gasteiger charge is 2.21. The number of nitriles is 1. The van der Waals surface area contributed by atoms with Crippen LogP contribution in [0, 0.1) is 17.1 Å². The van der Waals surface area contributed by atoms with Gasteiger partial charge in [0, 0.05) is 13.1 Å². The van der Waals surface area contributed by atoms with E-state index in [1.165, 1.54) is 25.3 Å². The molecule has 0 saturated carbocycles. The molecule has 0 bridgehead atoms. The number of methoxy groups -OCH3 is 1. The van der Waals surface area contributed by atoms with Crippen LogP contribution in [0.25, 0.3) is 6.08 Å². The number of carbonyl (C=O) groups excluding carboxylic acids is 1. The lowest BCUT2D eigenvalue weighted by molar-refractivity contribution is -0.125. The monoisotopic (exact) mass is 274 g/mol. The molecule has 0 spiro atoms. The zero-order valence-electron chi connectivity index (χ0n) is 11.2. The van der Waals surface area contributed by atoms with Crippen LogP contribution >= 0.6 is 0 Å². The minimum Gasteiger partial charge on any atom is -0.494 e. The van der Waals surface area contributed by atoms with E-state index in [-0.39, 0.29) is 17.2 Å². The minimum absolute atomic E-state index is 0.0245. The van der Waals surface area contributed by atoms with Crippen LogP contribution in [0.4, 0.5) is 4.39 Å². The number of halogens is 1. The highest BCUT2D eigenvalue weighted by atomic mass is 19.1. The van der Waals surface area contributed by atoms with E-state index in [9.17, 15) is 9.18 Å². The first-order chi connectivity index (χ1) is 9.65. The lowest BCUT2D eigenvalue weighted by Crippen LogP contribution is -2.28. The SMILES string of the molecule is COc1ccc(/C=C(\C#N)C(=O)N2CCCC2)cc1F. The third kappa shape index (κ3) is 2.97. The van der Waals surface area contributed by atoms with Gasteiger partial charge in [0.05, 0.1) is 7.11 Å². The van der Waals surface area contributed by atoms with Gasteiger partial charge in [0.1, 0.15) is 11.6 Å². The van der Waals surface area contributed by atoms with Crippen LogP contribution in [0.5, 0.6) is 5.75 Å². The molecular weight excluding hydrogens is 259 g/mol. The van der Waals surface area contributed by atoms with Gasteiger partial charge in [-0.1, -0.05) is 6.07 Å². The molecule has 20 heavy (non-hydrogen) atoms. The Balaban J connectivity index is 2.24. The van der Waals surface area contributed by atoms with Crippen molar-refractivity contribution in [2.45, 2.75) is 12.8 Å². The Morgan fingerprint density at radius 2 is 2.15 bits per heavy atom. The second-order valence-electron chi connectivity index (χ2n) is 4.56. The van der Waals surface area contributed by atoms with E-state index >= 15 is 0 Å². The van der Waals surface area contributed by atoms with Crippen molar-refractivity contribution in [3.63, 3.8) is 0 Å². The van der Waals surface area contributed by atoms with Crippen molar-refractivity contribution in [1.82, 2.24) is 4.90 Å². The van der Waals surface area contributed by atoms with Crippen LogP contribution in [0.15, 0.2) is 23.8 Å². The number of ether oxygens (including phenoxy) is 1. The molecule has 1 aliphatic rings. The van der Waals surface area contributed by atoms with Gasteiger partial charge in [-0.2, -0.15) is 5.26 Å². The van der Waals surface area contributed by atoms with Crippen LogP contribution < -0.4 is 4.74 Å². The van der Waals surface area contributed by atoms with Crippen LogP contribution in [0.1, 0.15) is 18.4 Å². The molecule has 2 rings (SSSR count). The van der Waals surface area contributed by atoms with E-state index in [0.29, 0.717) is 18.7 Å². The molecule has 4 nitrogen and oxygen atoms in total. The second kappa shape index (κ2) is 6.20. The number of hydrogen-bond acceptors (Lipinski definition) is 3. The van der Waals surface area contributed by atoms with Gasteiger partial charge in [0.2, 0.25) is 0 Å². The fourth-order valence-electron chi connectivity index (χ4n) is 2.17. The van der Waals surface area contributed by atoms with Gasteiger partial charge in [-0.15, -0.1) is 0 Å². The molecule has 1 aromatic carbocycles. The first-order valence-electron chi connectivity index (χ1n) is 6.40. The lowest BCUT2D eigenvalue weighted by atomic mass is 10.1. The third-order valence-corrected chi connectivity index (χ3v) is 3.23. The molecule has 1 saturated heterocycles. The number of carbonyl (C=O) groups is 1. The Hall–Kier alpha value is -2.35. The summed E-state index contributed by atoms with van der Waals surface area (Å²) >= 11 is 0. The summed E-state index contributed by atoms with van der Waals surface area (Å²) in [4.78, 5) is 13.8.